The summed E-state index contributed by atoms with van der Waals surface area (Å²) in [7, 11) is 0. The lowest BCUT2D eigenvalue weighted by molar-refractivity contribution is -0.137. The molecule has 0 fully saturated rings. The second-order valence-electron chi connectivity index (χ2n) is 5.69. The lowest BCUT2D eigenvalue weighted by Crippen LogP contribution is -2.03. The van der Waals surface area contributed by atoms with Crippen molar-refractivity contribution in [1.29, 1.82) is 0 Å². The van der Waals surface area contributed by atoms with Crippen LogP contribution in [0.1, 0.15) is 29.3 Å². The van der Waals surface area contributed by atoms with Crippen LogP contribution < -0.4 is 0 Å². The summed E-state index contributed by atoms with van der Waals surface area (Å²) in [6.45, 7) is 4.18. The Labute approximate surface area is 137 Å². The van der Waals surface area contributed by atoms with Gasteiger partial charge in [0.25, 0.3) is 0 Å². The Balaban J connectivity index is 2.07. The lowest BCUT2D eigenvalue weighted by Gasteiger charge is -2.08. The number of hydrogen-bond acceptors (Lipinski definition) is 1. The third kappa shape index (κ3) is 3.13. The van der Waals surface area contributed by atoms with E-state index in [4.69, 9.17) is 0 Å². The minimum absolute atomic E-state index is 0.608. The van der Waals surface area contributed by atoms with Crippen molar-refractivity contribution in [2.24, 2.45) is 0 Å². The van der Waals surface area contributed by atoms with Gasteiger partial charge in [-0.3, -0.25) is 0 Å². The topological polar surface area (TPSA) is 0 Å². The highest BCUT2D eigenvalue weighted by molar-refractivity contribution is 7.19. The van der Waals surface area contributed by atoms with Crippen molar-refractivity contribution in [3.63, 3.8) is 0 Å². The molecule has 1 aromatic heterocycles. The van der Waals surface area contributed by atoms with E-state index in [0.717, 1.165) is 46.4 Å². The van der Waals surface area contributed by atoms with Crippen molar-refractivity contribution in [3.05, 3.63) is 58.5 Å². The fourth-order valence-electron chi connectivity index (χ4n) is 2.89. The predicted molar refractivity (Wildman–Crippen MR) is 91.0 cm³/mol. The van der Waals surface area contributed by atoms with E-state index in [2.05, 4.69) is 25.1 Å². The number of aryl methyl sites for hydroxylation is 2. The molecule has 0 aliphatic heterocycles. The van der Waals surface area contributed by atoms with Crippen LogP contribution in [-0.4, -0.2) is 0 Å². The molecule has 3 aromatic rings. The summed E-state index contributed by atoms with van der Waals surface area (Å²) in [5.74, 6) is 0. The number of fused-ring (bicyclic) bond motifs is 1. The Bertz CT molecular complexity index is 826. The van der Waals surface area contributed by atoms with Crippen LogP contribution in [0.2, 0.25) is 0 Å². The second kappa shape index (κ2) is 6.00. The van der Waals surface area contributed by atoms with Gasteiger partial charge in [-0.25, -0.2) is 0 Å². The zero-order valence-electron chi connectivity index (χ0n) is 13.0. The van der Waals surface area contributed by atoms with Gasteiger partial charge in [-0.15, -0.1) is 11.3 Å². The van der Waals surface area contributed by atoms with Crippen LogP contribution in [-0.2, 0) is 12.6 Å². The van der Waals surface area contributed by atoms with Crippen LogP contribution in [0.15, 0.2) is 42.5 Å². The van der Waals surface area contributed by atoms with Crippen LogP contribution in [0.4, 0.5) is 13.2 Å². The summed E-state index contributed by atoms with van der Waals surface area (Å²) in [5, 5.41) is 1.12. The van der Waals surface area contributed by atoms with Crippen molar-refractivity contribution in [3.8, 4) is 11.1 Å². The fourth-order valence-corrected chi connectivity index (χ4v) is 4.04. The lowest BCUT2D eigenvalue weighted by atomic mass is 9.99. The highest BCUT2D eigenvalue weighted by Gasteiger charge is 2.30. The average molecular weight is 334 g/mol. The predicted octanol–water partition coefficient (Wildman–Crippen LogP) is 6.85. The average Bonchev–Trinajstić information content (AvgIpc) is 2.82. The molecule has 0 saturated carbocycles. The molecule has 0 aliphatic rings. The fraction of sp³-hybridized carbons (Fsp3) is 0.263. The number of rotatable bonds is 3. The summed E-state index contributed by atoms with van der Waals surface area (Å²) >= 11 is 1.70. The largest absolute Gasteiger partial charge is 0.416 e. The Morgan fingerprint density at radius 2 is 1.70 bits per heavy atom. The summed E-state index contributed by atoms with van der Waals surface area (Å²) in [6.07, 6.45) is -2.15. The maximum atomic E-state index is 12.7. The normalized spacial score (nSPS) is 12.0. The highest BCUT2D eigenvalue weighted by atomic mass is 32.1. The van der Waals surface area contributed by atoms with Gasteiger partial charge < -0.3 is 0 Å². The van der Waals surface area contributed by atoms with Gasteiger partial charge in [-0.2, -0.15) is 13.2 Å². The Kier molecular flexibility index (Phi) is 4.19. The minimum Gasteiger partial charge on any atom is -0.166 e. The zero-order chi connectivity index (χ0) is 16.6. The molecule has 4 heteroatoms. The first-order valence-corrected chi connectivity index (χ1v) is 8.41. The first-order valence-electron chi connectivity index (χ1n) is 7.60. The molecule has 2 aromatic carbocycles. The van der Waals surface area contributed by atoms with Crippen LogP contribution in [0.5, 0.6) is 0 Å². The van der Waals surface area contributed by atoms with Crippen LogP contribution in [0.3, 0.4) is 0 Å². The van der Waals surface area contributed by atoms with E-state index in [-0.39, 0.29) is 0 Å². The first kappa shape index (κ1) is 16.1. The SMILES string of the molecule is CCCc1ccc2c(-c3ccc(C(F)(F)F)cc3)c(C)sc2c1. The Morgan fingerprint density at radius 3 is 2.30 bits per heavy atom. The molecule has 0 aliphatic carbocycles. The summed E-state index contributed by atoms with van der Waals surface area (Å²) < 4.78 is 39.3. The molecule has 1 heterocycles. The van der Waals surface area contributed by atoms with Crippen molar-refractivity contribution in [2.45, 2.75) is 32.9 Å². The highest BCUT2D eigenvalue weighted by Crippen LogP contribution is 2.40. The van der Waals surface area contributed by atoms with Gasteiger partial charge in [0.15, 0.2) is 0 Å². The van der Waals surface area contributed by atoms with Gasteiger partial charge in [0.05, 0.1) is 5.56 Å². The van der Waals surface area contributed by atoms with Gasteiger partial charge in [0.1, 0.15) is 0 Å². The minimum atomic E-state index is -4.29. The van der Waals surface area contributed by atoms with Crippen molar-refractivity contribution >= 4 is 21.4 Å². The van der Waals surface area contributed by atoms with E-state index in [1.54, 1.807) is 23.5 Å². The van der Waals surface area contributed by atoms with Gasteiger partial charge in [0.2, 0.25) is 0 Å². The van der Waals surface area contributed by atoms with Gasteiger partial charge in [0, 0.05) is 20.5 Å². The van der Waals surface area contributed by atoms with Crippen molar-refractivity contribution < 1.29 is 13.2 Å². The van der Waals surface area contributed by atoms with E-state index in [9.17, 15) is 13.2 Å². The number of halogens is 3. The van der Waals surface area contributed by atoms with Gasteiger partial charge in [-0.05, 0) is 42.7 Å². The maximum Gasteiger partial charge on any atom is 0.416 e. The first-order chi connectivity index (χ1) is 10.9. The molecule has 0 spiro atoms. The van der Waals surface area contributed by atoms with Crippen LogP contribution >= 0.6 is 11.3 Å². The van der Waals surface area contributed by atoms with E-state index in [0.29, 0.717) is 0 Å². The number of hydrogen-bond donors (Lipinski definition) is 0. The smallest absolute Gasteiger partial charge is 0.166 e. The molecule has 120 valence electrons. The third-order valence-corrected chi connectivity index (χ3v) is 5.04. The van der Waals surface area contributed by atoms with Gasteiger partial charge in [-0.1, -0.05) is 37.6 Å². The van der Waals surface area contributed by atoms with E-state index < -0.39 is 11.7 Å². The maximum absolute atomic E-state index is 12.7. The standard InChI is InChI=1S/C19H17F3S/c1-3-4-13-5-10-16-17(11-13)23-12(2)18(16)14-6-8-15(9-7-14)19(20,21)22/h5-11H,3-4H2,1-2H3. The molecule has 0 saturated heterocycles. The molecule has 0 bridgehead atoms. The molecule has 0 radical (unpaired) electrons. The molecule has 0 N–H and O–H groups in total. The van der Waals surface area contributed by atoms with E-state index >= 15 is 0 Å². The zero-order valence-corrected chi connectivity index (χ0v) is 13.8. The monoisotopic (exact) mass is 334 g/mol. The quantitative estimate of drug-likeness (QED) is 0.491. The second-order valence-corrected chi connectivity index (χ2v) is 6.95. The molecule has 23 heavy (non-hydrogen) atoms. The molecule has 0 nitrogen and oxygen atoms in total. The molecule has 0 atom stereocenters. The summed E-state index contributed by atoms with van der Waals surface area (Å²) in [4.78, 5) is 1.13. The number of alkyl halides is 3. The Morgan fingerprint density at radius 1 is 1.00 bits per heavy atom. The summed E-state index contributed by atoms with van der Waals surface area (Å²) in [5.41, 5.74) is 2.58. The van der Waals surface area contributed by atoms with Crippen molar-refractivity contribution in [2.75, 3.05) is 0 Å². The van der Waals surface area contributed by atoms with Crippen molar-refractivity contribution in [1.82, 2.24) is 0 Å². The third-order valence-electron chi connectivity index (χ3n) is 3.97. The molecule has 0 unspecified atom stereocenters. The van der Waals surface area contributed by atoms with Crippen LogP contribution in [0.25, 0.3) is 21.2 Å². The van der Waals surface area contributed by atoms with E-state index in [1.807, 2.05) is 6.92 Å². The molecular formula is C19H17F3S. The van der Waals surface area contributed by atoms with Gasteiger partial charge >= 0.3 is 6.18 Å². The Hall–Kier alpha value is -1.81. The van der Waals surface area contributed by atoms with E-state index in [1.165, 1.54) is 10.3 Å². The molecular weight excluding hydrogens is 317 g/mol. The number of thiophene rings is 1. The summed E-state index contributed by atoms with van der Waals surface area (Å²) in [6, 6.07) is 11.9. The van der Waals surface area contributed by atoms with Crippen LogP contribution in [0, 0.1) is 6.92 Å². The number of benzene rings is 2. The molecule has 3 rings (SSSR count). The molecule has 0 amide bonds.